The maximum atomic E-state index is 8.36. The van der Waals surface area contributed by atoms with E-state index in [4.69, 9.17) is 19.8 Å². The molecule has 0 radical (unpaired) electrons. The van der Waals surface area contributed by atoms with Crippen LogP contribution < -0.4 is 0 Å². The molecular weight excluding hydrogens is 681 g/mol. The first-order valence-electron chi connectivity index (χ1n) is 23.8. The second-order valence-corrected chi connectivity index (χ2v) is 15.7. The van der Waals surface area contributed by atoms with Gasteiger partial charge in [-0.3, -0.25) is 4.79 Å². The van der Waals surface area contributed by atoms with Gasteiger partial charge >= 0.3 is 0 Å². The molecule has 0 saturated heterocycles. The molecule has 0 aliphatic rings. The summed E-state index contributed by atoms with van der Waals surface area (Å²) in [6.45, 7) is 10.5. The van der Waals surface area contributed by atoms with E-state index < -0.39 is 0 Å². The van der Waals surface area contributed by atoms with Crippen molar-refractivity contribution in [1.29, 1.82) is 0 Å². The zero-order valence-electron chi connectivity index (χ0n) is 38.1. The molecule has 0 atom stereocenters. The predicted octanol–water partition coefficient (Wildman–Crippen LogP) is 15.2. The zero-order chi connectivity index (χ0) is 41.6. The lowest BCUT2D eigenvalue weighted by atomic mass is 9.89. The fourth-order valence-corrected chi connectivity index (χ4v) is 7.56. The number of rotatable bonds is 42. The van der Waals surface area contributed by atoms with Crippen LogP contribution in [-0.2, 0) is 9.63 Å². The molecule has 0 unspecified atom stereocenters. The minimum Gasteiger partial charge on any atom is -0.483 e. The molecule has 0 saturated carbocycles. The lowest BCUT2D eigenvalue weighted by Gasteiger charge is -2.22. The molecule has 6 heteroatoms. The van der Waals surface area contributed by atoms with E-state index in [1.165, 1.54) is 244 Å². The number of aliphatic hydroxyl groups excluding tert-OH is 1. The zero-order valence-corrected chi connectivity index (χ0v) is 38.1. The highest BCUT2D eigenvalue weighted by Crippen LogP contribution is 2.25. The summed E-state index contributed by atoms with van der Waals surface area (Å²) in [5.41, 5.74) is 0. The lowest BCUT2D eigenvalue weighted by Crippen LogP contribution is -2.27. The Labute approximate surface area is 346 Å². The molecule has 0 amide bonds. The van der Waals surface area contributed by atoms with Crippen LogP contribution in [-0.4, -0.2) is 61.7 Å². The number of hydrogen-bond acceptors (Lipinski definition) is 5. The Morgan fingerprint density at radius 3 is 1.04 bits per heavy atom. The quantitative estimate of drug-likeness (QED) is 0.0212. The van der Waals surface area contributed by atoms with E-state index in [0.717, 1.165) is 19.4 Å². The summed E-state index contributed by atoms with van der Waals surface area (Å²) < 4.78 is 0. The van der Waals surface area contributed by atoms with Crippen LogP contribution in [0.4, 0.5) is 0 Å². The van der Waals surface area contributed by atoms with Crippen molar-refractivity contribution < 1.29 is 19.8 Å². The highest BCUT2D eigenvalue weighted by molar-refractivity contribution is 5.56. The van der Waals surface area contributed by atoms with Gasteiger partial charge in [0.1, 0.15) is 7.11 Å². The van der Waals surface area contributed by atoms with Crippen LogP contribution >= 0.6 is 0 Å². The van der Waals surface area contributed by atoms with E-state index in [1.54, 1.807) is 7.11 Å². The Kier molecular flexibility index (Phi) is 67.4. The number of nitrogens with zero attached hydrogens (tertiary/aromatic N) is 2. The van der Waals surface area contributed by atoms with Crippen LogP contribution in [0.1, 0.15) is 252 Å². The van der Waals surface area contributed by atoms with E-state index in [9.17, 15) is 0 Å². The van der Waals surface area contributed by atoms with Gasteiger partial charge in [0.2, 0.25) is 0 Å². The molecule has 55 heavy (non-hydrogen) atoms. The standard InChI is InChI=1S/C45H92N2O.C2H2.CH2O2.CH4O/c1-5-8-11-14-17-18-19-20-21-22-23-24-29-35-42-47(44-37-34-41-46-48-4)43-36-30-25-28-33-40-45(38-31-26-15-12-9-6-2)39-32-27-16-13-10-7-3;1-2;2-1-3;1-2/h41,45H,5-40,42-44H2,1-4H3;1-2H;1H,(H,2,3);2H,1H3/b46-41+;;;. The van der Waals surface area contributed by atoms with E-state index in [1.807, 2.05) is 6.21 Å². The SMILES string of the molecule is C#C.CCCCCCCCCCCCCCCCN(CCC/C=N/OC)CCCCCCCC(CCCCCCCC)CCCCCCCC.CO.O=CO. The number of unbranched alkanes of at least 4 members (excludes halogenated alkanes) is 28. The van der Waals surface area contributed by atoms with Crippen LogP contribution in [0.3, 0.4) is 0 Å². The highest BCUT2D eigenvalue weighted by Gasteiger charge is 2.09. The van der Waals surface area contributed by atoms with Crippen molar-refractivity contribution in [2.24, 2.45) is 11.1 Å². The summed E-state index contributed by atoms with van der Waals surface area (Å²) in [7, 11) is 2.64. The van der Waals surface area contributed by atoms with E-state index in [-0.39, 0.29) is 6.47 Å². The van der Waals surface area contributed by atoms with Crippen molar-refractivity contribution >= 4 is 12.7 Å². The molecule has 0 bridgehead atoms. The molecular formula is C49H100N2O4. The Bertz CT molecular complexity index is 671. The normalized spacial score (nSPS) is 10.8. The van der Waals surface area contributed by atoms with Gasteiger partial charge in [0.25, 0.3) is 6.47 Å². The van der Waals surface area contributed by atoms with Gasteiger partial charge in [-0.05, 0) is 51.2 Å². The monoisotopic (exact) mass is 781 g/mol. The first kappa shape index (κ1) is 60.1. The van der Waals surface area contributed by atoms with Gasteiger partial charge in [-0.15, -0.1) is 12.8 Å². The first-order valence-corrected chi connectivity index (χ1v) is 23.8. The van der Waals surface area contributed by atoms with Crippen molar-refractivity contribution in [3.05, 3.63) is 0 Å². The second-order valence-electron chi connectivity index (χ2n) is 15.7. The average Bonchev–Trinajstić information content (AvgIpc) is 3.21. The molecule has 0 aromatic rings. The molecule has 0 heterocycles. The van der Waals surface area contributed by atoms with Gasteiger partial charge < -0.3 is 20.0 Å². The Balaban J connectivity index is -0.00000173. The van der Waals surface area contributed by atoms with Crippen LogP contribution in [0.2, 0.25) is 0 Å². The summed E-state index contributed by atoms with van der Waals surface area (Å²) in [5, 5.41) is 17.8. The molecule has 6 nitrogen and oxygen atoms in total. The van der Waals surface area contributed by atoms with Gasteiger partial charge in [-0.2, -0.15) is 0 Å². The average molecular weight is 781 g/mol. The Morgan fingerprint density at radius 2 is 0.745 bits per heavy atom. The molecule has 0 rings (SSSR count). The van der Waals surface area contributed by atoms with Gasteiger partial charge in [-0.1, -0.05) is 231 Å². The summed E-state index contributed by atoms with van der Waals surface area (Å²) in [4.78, 5) is 16.0. The topological polar surface area (TPSA) is 82.4 Å². The summed E-state index contributed by atoms with van der Waals surface area (Å²) in [6.07, 6.45) is 61.4. The molecule has 0 fully saturated rings. The third-order valence-corrected chi connectivity index (χ3v) is 10.8. The highest BCUT2D eigenvalue weighted by atomic mass is 16.6. The van der Waals surface area contributed by atoms with E-state index >= 15 is 0 Å². The third-order valence-electron chi connectivity index (χ3n) is 10.8. The molecule has 330 valence electrons. The predicted molar refractivity (Wildman–Crippen MR) is 245 cm³/mol. The maximum absolute atomic E-state index is 8.36. The second kappa shape index (κ2) is 61.6. The van der Waals surface area contributed by atoms with Crippen molar-refractivity contribution in [2.75, 3.05) is 33.9 Å². The minimum absolute atomic E-state index is 0.250. The van der Waals surface area contributed by atoms with Crippen molar-refractivity contribution in [2.45, 2.75) is 252 Å². The van der Waals surface area contributed by atoms with Gasteiger partial charge in [-0.25, -0.2) is 0 Å². The number of carboxylic acid groups (broad SMARTS) is 1. The lowest BCUT2D eigenvalue weighted by molar-refractivity contribution is -0.122. The maximum Gasteiger partial charge on any atom is 0.290 e. The summed E-state index contributed by atoms with van der Waals surface area (Å²) >= 11 is 0. The number of terminal acetylenes is 1. The fourth-order valence-electron chi connectivity index (χ4n) is 7.56. The minimum atomic E-state index is -0.250. The third kappa shape index (κ3) is 59.3. The number of hydrogen-bond donors (Lipinski definition) is 2. The number of carbonyl (C=O) groups is 1. The van der Waals surface area contributed by atoms with Crippen LogP contribution in [0, 0.1) is 18.8 Å². The number of aliphatic hydroxyl groups is 1. The molecule has 2 N–H and O–H groups in total. The van der Waals surface area contributed by atoms with Crippen molar-refractivity contribution in [3.8, 4) is 12.8 Å². The van der Waals surface area contributed by atoms with Crippen LogP contribution in [0.15, 0.2) is 5.16 Å². The smallest absolute Gasteiger partial charge is 0.290 e. The van der Waals surface area contributed by atoms with Gasteiger partial charge in [0, 0.05) is 13.3 Å². The van der Waals surface area contributed by atoms with Gasteiger partial charge in [0.05, 0.1) is 0 Å². The van der Waals surface area contributed by atoms with E-state index in [2.05, 4.69) is 43.7 Å². The molecule has 0 aromatic heterocycles. The van der Waals surface area contributed by atoms with Crippen molar-refractivity contribution in [3.63, 3.8) is 0 Å². The van der Waals surface area contributed by atoms with E-state index in [0.29, 0.717) is 0 Å². The summed E-state index contributed by atoms with van der Waals surface area (Å²) in [5.74, 6) is 1.00. The Hall–Kier alpha value is -1.58. The van der Waals surface area contributed by atoms with Crippen molar-refractivity contribution in [1.82, 2.24) is 4.90 Å². The molecule has 0 aromatic carbocycles. The Morgan fingerprint density at radius 1 is 0.491 bits per heavy atom. The summed E-state index contributed by atoms with van der Waals surface area (Å²) in [6, 6.07) is 0. The largest absolute Gasteiger partial charge is 0.483 e. The fraction of sp³-hybridized carbons (Fsp3) is 0.918. The van der Waals surface area contributed by atoms with Crippen LogP contribution in [0.5, 0.6) is 0 Å². The number of oxime groups is 1. The molecule has 0 spiro atoms. The van der Waals surface area contributed by atoms with Crippen LogP contribution in [0.25, 0.3) is 0 Å². The molecule has 0 aliphatic heterocycles. The molecule has 0 aliphatic carbocycles. The first-order chi connectivity index (χ1) is 27.2. The van der Waals surface area contributed by atoms with Gasteiger partial charge in [0.15, 0.2) is 0 Å².